The van der Waals surface area contributed by atoms with E-state index in [9.17, 15) is 0 Å². The summed E-state index contributed by atoms with van der Waals surface area (Å²) in [6, 6.07) is 1.30. The molecule has 0 spiro atoms. The molecule has 1 N–H and O–H groups in total. The van der Waals surface area contributed by atoms with Gasteiger partial charge >= 0.3 is 0 Å². The average Bonchev–Trinajstić information content (AvgIpc) is 2.11. The zero-order chi connectivity index (χ0) is 10.3. The van der Waals surface area contributed by atoms with Crippen LogP contribution in [0.15, 0.2) is 11.3 Å². The van der Waals surface area contributed by atoms with E-state index in [0.717, 1.165) is 6.42 Å². The standard InChI is InChI=1S/C10H24OSi2/c1-5-10(2)12-9-13(3,4)8-6-7-11/h5,11H,6-9,12H2,1-4H3. The summed E-state index contributed by atoms with van der Waals surface area (Å²) >= 11 is 0. The number of hydrogen-bond acceptors (Lipinski definition) is 1. The molecule has 0 aromatic rings. The maximum Gasteiger partial charge on any atom is 0.0462 e. The molecule has 0 saturated heterocycles. The van der Waals surface area contributed by atoms with Gasteiger partial charge in [-0.1, -0.05) is 36.1 Å². The molecule has 0 unspecified atom stereocenters. The Balaban J connectivity index is 3.74. The van der Waals surface area contributed by atoms with Crippen LogP contribution < -0.4 is 0 Å². The average molecular weight is 216 g/mol. The van der Waals surface area contributed by atoms with E-state index >= 15 is 0 Å². The third-order valence-electron chi connectivity index (χ3n) is 2.70. The summed E-state index contributed by atoms with van der Waals surface area (Å²) in [7, 11) is -0.898. The fraction of sp³-hybridized carbons (Fsp3) is 0.800. The summed E-state index contributed by atoms with van der Waals surface area (Å²) in [6.45, 7) is 9.70. The lowest BCUT2D eigenvalue weighted by Gasteiger charge is -2.21. The minimum atomic E-state index is -0.942. The molecule has 0 aliphatic heterocycles. The highest BCUT2D eigenvalue weighted by Crippen LogP contribution is 2.17. The number of hydrogen-bond donors (Lipinski definition) is 1. The molecular weight excluding hydrogens is 192 g/mol. The molecule has 13 heavy (non-hydrogen) atoms. The van der Waals surface area contributed by atoms with E-state index in [0.29, 0.717) is 6.61 Å². The van der Waals surface area contributed by atoms with Crippen LogP contribution >= 0.6 is 0 Å². The van der Waals surface area contributed by atoms with Crippen molar-refractivity contribution in [3.8, 4) is 0 Å². The van der Waals surface area contributed by atoms with Crippen LogP contribution in [0.2, 0.25) is 24.8 Å². The lowest BCUT2D eigenvalue weighted by molar-refractivity contribution is 0.294. The first-order valence-electron chi connectivity index (χ1n) is 5.24. The van der Waals surface area contributed by atoms with E-state index in [4.69, 9.17) is 5.11 Å². The Morgan fingerprint density at radius 3 is 2.54 bits per heavy atom. The summed E-state index contributed by atoms with van der Waals surface area (Å²) in [5, 5.41) is 10.4. The van der Waals surface area contributed by atoms with Crippen molar-refractivity contribution < 1.29 is 5.11 Å². The molecule has 0 atom stereocenters. The van der Waals surface area contributed by atoms with Gasteiger partial charge in [-0.05, 0) is 20.3 Å². The van der Waals surface area contributed by atoms with Crippen LogP contribution in [-0.4, -0.2) is 29.3 Å². The second-order valence-electron chi connectivity index (χ2n) is 4.63. The Hall–Kier alpha value is 0.134. The number of aliphatic hydroxyl groups is 1. The van der Waals surface area contributed by atoms with Gasteiger partial charge in [0.15, 0.2) is 0 Å². The Labute approximate surface area is 86.1 Å². The van der Waals surface area contributed by atoms with Crippen molar-refractivity contribution in [2.24, 2.45) is 0 Å². The lowest BCUT2D eigenvalue weighted by atomic mass is 10.5. The number of aliphatic hydroxyl groups excluding tert-OH is 1. The third-order valence-corrected chi connectivity index (χ3v) is 12.0. The molecule has 0 radical (unpaired) electrons. The van der Waals surface area contributed by atoms with Gasteiger partial charge in [-0.15, -0.1) is 0 Å². The molecule has 0 bridgehead atoms. The number of allylic oxidation sites excluding steroid dienone is 2. The van der Waals surface area contributed by atoms with Crippen molar-refractivity contribution in [2.75, 3.05) is 6.61 Å². The summed E-state index contributed by atoms with van der Waals surface area (Å²) in [5.41, 5.74) is 1.50. The van der Waals surface area contributed by atoms with Gasteiger partial charge in [-0.25, -0.2) is 0 Å². The van der Waals surface area contributed by atoms with Gasteiger partial charge in [0.25, 0.3) is 0 Å². The van der Waals surface area contributed by atoms with Gasteiger partial charge in [0, 0.05) is 24.2 Å². The van der Waals surface area contributed by atoms with Gasteiger partial charge in [-0.2, -0.15) is 0 Å². The molecule has 0 aliphatic rings. The first-order valence-corrected chi connectivity index (χ1v) is 10.4. The molecule has 3 heteroatoms. The van der Waals surface area contributed by atoms with Crippen molar-refractivity contribution in [3.63, 3.8) is 0 Å². The molecule has 0 heterocycles. The summed E-state index contributed by atoms with van der Waals surface area (Å²) in [6.07, 6.45) is 3.28. The van der Waals surface area contributed by atoms with E-state index in [1.54, 1.807) is 5.20 Å². The molecule has 1 nitrogen and oxygen atoms in total. The predicted molar refractivity (Wildman–Crippen MR) is 66.8 cm³/mol. The van der Waals surface area contributed by atoms with Crippen LogP contribution in [0.5, 0.6) is 0 Å². The maximum absolute atomic E-state index is 8.78. The zero-order valence-corrected chi connectivity index (χ0v) is 12.0. The second kappa shape index (κ2) is 6.57. The molecule has 0 rings (SSSR count). The van der Waals surface area contributed by atoms with E-state index in [1.165, 1.54) is 11.7 Å². The van der Waals surface area contributed by atoms with Gasteiger partial charge in [-0.3, -0.25) is 0 Å². The maximum atomic E-state index is 8.78. The van der Waals surface area contributed by atoms with Crippen LogP contribution in [0.3, 0.4) is 0 Å². The summed E-state index contributed by atoms with van der Waals surface area (Å²) < 4.78 is 0. The minimum Gasteiger partial charge on any atom is -0.396 e. The Bertz CT molecular complexity index is 164. The SMILES string of the molecule is CC=C(C)[SiH2]C[Si](C)(C)CCCO. The third kappa shape index (κ3) is 7.22. The number of rotatable bonds is 6. The van der Waals surface area contributed by atoms with Crippen LogP contribution in [0.25, 0.3) is 0 Å². The van der Waals surface area contributed by atoms with Crippen LogP contribution in [0, 0.1) is 0 Å². The highest BCUT2D eigenvalue weighted by atomic mass is 28.4. The highest BCUT2D eigenvalue weighted by molar-refractivity contribution is 6.85. The quantitative estimate of drug-likeness (QED) is 0.675. The Kier molecular flexibility index (Phi) is 6.63. The molecule has 0 aliphatic carbocycles. The fourth-order valence-electron chi connectivity index (χ4n) is 1.36. The molecule has 0 fully saturated rings. The van der Waals surface area contributed by atoms with Crippen molar-refractivity contribution in [1.82, 2.24) is 0 Å². The lowest BCUT2D eigenvalue weighted by Crippen LogP contribution is -2.28. The van der Waals surface area contributed by atoms with E-state index in [1.807, 2.05) is 0 Å². The molecule has 78 valence electrons. The van der Waals surface area contributed by atoms with E-state index in [-0.39, 0.29) is 9.52 Å². The highest BCUT2D eigenvalue weighted by Gasteiger charge is 2.19. The summed E-state index contributed by atoms with van der Waals surface area (Å²) in [5.74, 6) is 0. The van der Waals surface area contributed by atoms with Crippen molar-refractivity contribution >= 4 is 17.6 Å². The Morgan fingerprint density at radius 1 is 1.46 bits per heavy atom. The predicted octanol–water partition coefficient (Wildman–Crippen LogP) is 2.13. The molecule has 0 aromatic carbocycles. The van der Waals surface area contributed by atoms with Gasteiger partial charge in [0.2, 0.25) is 0 Å². The van der Waals surface area contributed by atoms with Crippen LogP contribution in [0.4, 0.5) is 0 Å². The van der Waals surface area contributed by atoms with E-state index < -0.39 is 8.07 Å². The molecule has 0 aromatic heterocycles. The normalized spacial score (nSPS) is 14.4. The van der Waals surface area contributed by atoms with Gasteiger partial charge < -0.3 is 5.11 Å². The topological polar surface area (TPSA) is 20.2 Å². The first-order chi connectivity index (χ1) is 6.02. The van der Waals surface area contributed by atoms with Crippen molar-refractivity contribution in [2.45, 2.75) is 45.1 Å². The summed E-state index contributed by atoms with van der Waals surface area (Å²) in [4.78, 5) is 0. The van der Waals surface area contributed by atoms with Crippen molar-refractivity contribution in [1.29, 1.82) is 0 Å². The first kappa shape index (κ1) is 13.1. The van der Waals surface area contributed by atoms with Crippen LogP contribution in [0.1, 0.15) is 20.3 Å². The van der Waals surface area contributed by atoms with Crippen LogP contribution in [-0.2, 0) is 0 Å². The molecular formula is C10H24OSi2. The monoisotopic (exact) mass is 216 g/mol. The fourth-order valence-corrected chi connectivity index (χ4v) is 8.05. The Morgan fingerprint density at radius 2 is 2.08 bits per heavy atom. The largest absolute Gasteiger partial charge is 0.396 e. The van der Waals surface area contributed by atoms with Crippen molar-refractivity contribution in [3.05, 3.63) is 11.3 Å². The molecule has 0 amide bonds. The van der Waals surface area contributed by atoms with Gasteiger partial charge in [0.1, 0.15) is 0 Å². The van der Waals surface area contributed by atoms with E-state index in [2.05, 4.69) is 33.0 Å². The second-order valence-corrected chi connectivity index (χ2v) is 13.1. The smallest absolute Gasteiger partial charge is 0.0462 e. The minimum absolute atomic E-state index is 0.0447. The zero-order valence-electron chi connectivity index (χ0n) is 9.56. The molecule has 0 saturated carbocycles. The van der Waals surface area contributed by atoms with Gasteiger partial charge in [0.05, 0.1) is 0 Å².